The van der Waals surface area contributed by atoms with Gasteiger partial charge in [0.25, 0.3) is 5.89 Å². The van der Waals surface area contributed by atoms with E-state index in [0.717, 1.165) is 0 Å². The SMILES string of the molecule is ClCc1noc(-c2cc(Cl)c3c(c2)OCCO3)n1. The van der Waals surface area contributed by atoms with E-state index in [-0.39, 0.29) is 5.88 Å². The Morgan fingerprint density at radius 3 is 2.83 bits per heavy atom. The number of ether oxygens (including phenoxy) is 2. The normalized spacial score (nSPS) is 13.7. The zero-order valence-electron chi connectivity index (χ0n) is 9.15. The first kappa shape index (κ1) is 11.6. The Morgan fingerprint density at radius 1 is 1.22 bits per heavy atom. The van der Waals surface area contributed by atoms with Crippen molar-refractivity contribution in [1.29, 1.82) is 0 Å². The number of fused-ring (bicyclic) bond motifs is 1. The number of hydrogen-bond donors (Lipinski definition) is 0. The van der Waals surface area contributed by atoms with Gasteiger partial charge in [0.15, 0.2) is 17.3 Å². The molecule has 0 radical (unpaired) electrons. The van der Waals surface area contributed by atoms with Crippen LogP contribution in [0.4, 0.5) is 0 Å². The van der Waals surface area contributed by atoms with Crippen molar-refractivity contribution in [1.82, 2.24) is 10.1 Å². The lowest BCUT2D eigenvalue weighted by atomic mass is 10.2. The maximum Gasteiger partial charge on any atom is 0.258 e. The van der Waals surface area contributed by atoms with Crippen LogP contribution in [0.25, 0.3) is 11.5 Å². The Kier molecular flexibility index (Phi) is 3.01. The van der Waals surface area contributed by atoms with E-state index in [2.05, 4.69) is 10.1 Å². The van der Waals surface area contributed by atoms with E-state index < -0.39 is 0 Å². The average molecular weight is 287 g/mol. The Bertz CT molecular complexity index is 586. The van der Waals surface area contributed by atoms with Gasteiger partial charge < -0.3 is 14.0 Å². The maximum atomic E-state index is 6.12. The molecule has 0 N–H and O–H groups in total. The van der Waals surface area contributed by atoms with Crippen molar-refractivity contribution < 1.29 is 14.0 Å². The molecule has 0 unspecified atom stereocenters. The molecule has 0 spiro atoms. The first-order chi connectivity index (χ1) is 8.78. The molecule has 2 heterocycles. The fraction of sp³-hybridized carbons (Fsp3) is 0.273. The number of aromatic nitrogens is 2. The monoisotopic (exact) mass is 286 g/mol. The van der Waals surface area contributed by atoms with Crippen LogP contribution < -0.4 is 9.47 Å². The van der Waals surface area contributed by atoms with E-state index in [9.17, 15) is 0 Å². The first-order valence-electron chi connectivity index (χ1n) is 5.26. The summed E-state index contributed by atoms with van der Waals surface area (Å²) < 4.78 is 16.0. The summed E-state index contributed by atoms with van der Waals surface area (Å²) in [4.78, 5) is 4.12. The van der Waals surface area contributed by atoms with E-state index in [1.54, 1.807) is 12.1 Å². The Labute approximate surface area is 113 Å². The highest BCUT2D eigenvalue weighted by Crippen LogP contribution is 2.40. The van der Waals surface area contributed by atoms with Crippen molar-refractivity contribution in [3.05, 3.63) is 23.0 Å². The third-order valence-corrected chi connectivity index (χ3v) is 2.95. The van der Waals surface area contributed by atoms with E-state index >= 15 is 0 Å². The van der Waals surface area contributed by atoms with Gasteiger partial charge in [0, 0.05) is 5.56 Å². The largest absolute Gasteiger partial charge is 0.486 e. The lowest BCUT2D eigenvalue weighted by molar-refractivity contribution is 0.172. The molecule has 1 aliphatic heterocycles. The number of halogens is 2. The van der Waals surface area contributed by atoms with E-state index in [1.165, 1.54) is 0 Å². The Hall–Kier alpha value is -1.46. The average Bonchev–Trinajstić information content (AvgIpc) is 2.87. The van der Waals surface area contributed by atoms with Crippen LogP contribution in [-0.2, 0) is 5.88 Å². The molecule has 0 saturated carbocycles. The molecule has 5 nitrogen and oxygen atoms in total. The molecule has 0 bridgehead atoms. The minimum atomic E-state index is 0.196. The first-order valence-corrected chi connectivity index (χ1v) is 6.17. The third-order valence-electron chi connectivity index (χ3n) is 2.43. The summed E-state index contributed by atoms with van der Waals surface area (Å²) in [7, 11) is 0. The summed E-state index contributed by atoms with van der Waals surface area (Å²) in [5.41, 5.74) is 0.674. The smallest absolute Gasteiger partial charge is 0.258 e. The van der Waals surface area contributed by atoms with Crippen LogP contribution in [0, 0.1) is 0 Å². The van der Waals surface area contributed by atoms with Gasteiger partial charge in [0.1, 0.15) is 13.2 Å². The predicted molar refractivity (Wildman–Crippen MR) is 65.3 cm³/mol. The standard InChI is InChI=1S/C11H8Cl2N2O3/c12-5-9-14-11(18-15-9)6-3-7(13)10-8(4-6)16-1-2-17-10/h3-4H,1-2,5H2. The number of alkyl halides is 1. The number of nitrogens with zero attached hydrogens (tertiary/aromatic N) is 2. The van der Waals surface area contributed by atoms with Gasteiger partial charge in [-0.15, -0.1) is 11.6 Å². The van der Waals surface area contributed by atoms with Crippen molar-refractivity contribution in [2.45, 2.75) is 5.88 Å². The van der Waals surface area contributed by atoms with Crippen molar-refractivity contribution in [3.63, 3.8) is 0 Å². The van der Waals surface area contributed by atoms with Crippen LogP contribution in [0.3, 0.4) is 0 Å². The van der Waals surface area contributed by atoms with E-state index in [0.29, 0.717) is 47.0 Å². The highest BCUT2D eigenvalue weighted by molar-refractivity contribution is 6.32. The molecule has 0 atom stereocenters. The van der Waals surface area contributed by atoms with Crippen LogP contribution in [-0.4, -0.2) is 23.4 Å². The zero-order chi connectivity index (χ0) is 12.5. The van der Waals surface area contributed by atoms with Crippen LogP contribution >= 0.6 is 23.2 Å². The molecular formula is C11H8Cl2N2O3. The van der Waals surface area contributed by atoms with Gasteiger partial charge in [-0.1, -0.05) is 16.8 Å². The molecule has 1 aromatic heterocycles. The van der Waals surface area contributed by atoms with Crippen LogP contribution in [0.2, 0.25) is 5.02 Å². The minimum absolute atomic E-state index is 0.196. The van der Waals surface area contributed by atoms with Gasteiger partial charge in [0.05, 0.1) is 10.9 Å². The molecule has 2 aromatic rings. The molecule has 18 heavy (non-hydrogen) atoms. The van der Waals surface area contributed by atoms with Gasteiger partial charge in [-0.3, -0.25) is 0 Å². The quantitative estimate of drug-likeness (QED) is 0.795. The maximum absolute atomic E-state index is 6.12. The summed E-state index contributed by atoms with van der Waals surface area (Å²) in [6.45, 7) is 0.979. The molecule has 0 fully saturated rings. The number of rotatable bonds is 2. The van der Waals surface area contributed by atoms with Crippen molar-refractivity contribution in [3.8, 4) is 23.0 Å². The van der Waals surface area contributed by atoms with Crippen LogP contribution in [0.5, 0.6) is 11.5 Å². The summed E-state index contributed by atoms with van der Waals surface area (Å²) in [5.74, 6) is 2.10. The summed E-state index contributed by atoms with van der Waals surface area (Å²) >= 11 is 11.7. The summed E-state index contributed by atoms with van der Waals surface area (Å²) in [6.07, 6.45) is 0. The van der Waals surface area contributed by atoms with Gasteiger partial charge >= 0.3 is 0 Å². The molecule has 0 aliphatic carbocycles. The van der Waals surface area contributed by atoms with Gasteiger partial charge in [-0.25, -0.2) is 0 Å². The summed E-state index contributed by atoms with van der Waals surface area (Å²) in [6, 6.07) is 3.45. The molecule has 0 amide bonds. The molecule has 1 aliphatic rings. The van der Waals surface area contributed by atoms with Gasteiger partial charge in [-0.05, 0) is 12.1 Å². The van der Waals surface area contributed by atoms with Crippen LogP contribution in [0.15, 0.2) is 16.7 Å². The highest BCUT2D eigenvalue weighted by Gasteiger charge is 2.19. The third kappa shape index (κ3) is 2.00. The number of benzene rings is 1. The molecular weight excluding hydrogens is 279 g/mol. The molecule has 0 saturated heterocycles. The molecule has 7 heteroatoms. The van der Waals surface area contributed by atoms with Crippen molar-refractivity contribution in [2.24, 2.45) is 0 Å². The summed E-state index contributed by atoms with van der Waals surface area (Å²) in [5, 5.41) is 4.17. The Balaban J connectivity index is 2.04. The van der Waals surface area contributed by atoms with E-state index in [1.807, 2.05) is 0 Å². The second-order valence-electron chi connectivity index (χ2n) is 3.63. The molecule has 3 rings (SSSR count). The zero-order valence-corrected chi connectivity index (χ0v) is 10.7. The van der Waals surface area contributed by atoms with Gasteiger partial charge in [-0.2, -0.15) is 4.98 Å². The van der Waals surface area contributed by atoms with Crippen molar-refractivity contribution >= 4 is 23.2 Å². The minimum Gasteiger partial charge on any atom is -0.486 e. The highest BCUT2D eigenvalue weighted by atomic mass is 35.5. The van der Waals surface area contributed by atoms with Crippen LogP contribution in [0.1, 0.15) is 5.82 Å². The second-order valence-corrected chi connectivity index (χ2v) is 4.31. The number of hydrogen-bond acceptors (Lipinski definition) is 5. The lowest BCUT2D eigenvalue weighted by Crippen LogP contribution is -2.15. The van der Waals surface area contributed by atoms with E-state index in [4.69, 9.17) is 37.2 Å². The molecule has 1 aromatic carbocycles. The second kappa shape index (κ2) is 4.66. The fourth-order valence-corrected chi connectivity index (χ4v) is 2.03. The van der Waals surface area contributed by atoms with Crippen molar-refractivity contribution in [2.75, 3.05) is 13.2 Å². The molecule has 94 valence electrons. The lowest BCUT2D eigenvalue weighted by Gasteiger charge is -2.19. The topological polar surface area (TPSA) is 57.4 Å². The Morgan fingerprint density at radius 2 is 2.06 bits per heavy atom. The fourth-order valence-electron chi connectivity index (χ4n) is 1.66. The predicted octanol–water partition coefficient (Wildman–Crippen LogP) is 2.90. The van der Waals surface area contributed by atoms with Gasteiger partial charge in [0.2, 0.25) is 0 Å².